The van der Waals surface area contributed by atoms with Crippen molar-refractivity contribution in [3.8, 4) is 5.75 Å². The molecule has 70 valence electrons. The van der Waals surface area contributed by atoms with Gasteiger partial charge < -0.3 is 10.5 Å². The molecule has 0 saturated heterocycles. The van der Waals surface area contributed by atoms with Crippen LogP contribution in [-0.2, 0) is 4.57 Å². The van der Waals surface area contributed by atoms with Gasteiger partial charge in [-0.1, -0.05) is 12.1 Å². The number of rotatable bonds is 3. The fourth-order valence-electron chi connectivity index (χ4n) is 0.817. The minimum atomic E-state index is -2.33. The summed E-state index contributed by atoms with van der Waals surface area (Å²) in [4.78, 5) is 8.72. The molecule has 4 nitrogen and oxygen atoms in total. The topological polar surface area (TPSA) is 72.5 Å². The molecular weight excluding hydrogens is 189 g/mol. The Labute approximate surface area is 77.2 Å². The first-order valence-electron chi connectivity index (χ1n) is 3.77. The smallest absolute Gasteiger partial charge is 0.442 e. The van der Waals surface area contributed by atoms with Gasteiger partial charge in [0.2, 0.25) is 0 Å². The van der Waals surface area contributed by atoms with E-state index in [-0.39, 0.29) is 0 Å². The number of anilines is 1. The second kappa shape index (κ2) is 4.21. The number of hydrogen-bond acceptors (Lipinski definition) is 3. The molecule has 2 atom stereocenters. The maximum Gasteiger partial charge on any atom is 0.550 e. The summed E-state index contributed by atoms with van der Waals surface area (Å²) in [5.41, 5.74) is 6.03. The van der Waals surface area contributed by atoms with E-state index in [0.717, 1.165) is 0 Å². The van der Waals surface area contributed by atoms with E-state index in [0.29, 0.717) is 11.4 Å². The van der Waals surface area contributed by atoms with Crippen molar-refractivity contribution >= 4 is 13.7 Å². The van der Waals surface area contributed by atoms with Crippen LogP contribution < -0.4 is 10.5 Å². The van der Waals surface area contributed by atoms with Crippen molar-refractivity contribution in [2.45, 2.75) is 12.8 Å². The van der Waals surface area contributed by atoms with Gasteiger partial charge in [-0.15, -0.1) is 0 Å². The second-order valence-electron chi connectivity index (χ2n) is 2.56. The molecule has 0 saturated carbocycles. The lowest BCUT2D eigenvalue weighted by molar-refractivity contribution is 0.281. The molecule has 0 aliphatic carbocycles. The Morgan fingerprint density at radius 1 is 1.54 bits per heavy atom. The molecule has 0 aliphatic rings. The van der Waals surface area contributed by atoms with Gasteiger partial charge in [-0.05, 0) is 16.7 Å². The molecule has 0 heterocycles. The lowest BCUT2D eigenvalue weighted by Gasteiger charge is -2.06. The van der Waals surface area contributed by atoms with Gasteiger partial charge in [0.1, 0.15) is 5.75 Å². The van der Waals surface area contributed by atoms with Gasteiger partial charge in [0.15, 0.2) is 0 Å². The molecule has 0 radical (unpaired) electrons. The first-order valence-corrected chi connectivity index (χ1v) is 5.06. The van der Waals surface area contributed by atoms with Crippen LogP contribution in [0.15, 0.2) is 24.3 Å². The molecular formula is C8H11NO3P+. The standard InChI is InChI=1S/C8H10NO3P/c1-6(13(10)11)12-8-5-3-2-4-7(8)9/h2-6H,9H2,1H3/p+1. The van der Waals surface area contributed by atoms with Gasteiger partial charge in [0, 0.05) is 6.92 Å². The number of para-hydroxylation sites is 2. The second-order valence-corrected chi connectivity index (χ2v) is 3.89. The first-order chi connectivity index (χ1) is 6.11. The van der Waals surface area contributed by atoms with Crippen molar-refractivity contribution in [3.05, 3.63) is 24.3 Å². The summed E-state index contributed by atoms with van der Waals surface area (Å²) in [5, 5.41) is 0. The molecule has 1 rings (SSSR count). The van der Waals surface area contributed by atoms with E-state index in [4.69, 9.17) is 15.4 Å². The van der Waals surface area contributed by atoms with E-state index in [1.54, 1.807) is 24.3 Å². The fraction of sp³-hybridized carbons (Fsp3) is 0.250. The van der Waals surface area contributed by atoms with Crippen molar-refractivity contribution in [1.82, 2.24) is 0 Å². The zero-order valence-electron chi connectivity index (χ0n) is 7.18. The van der Waals surface area contributed by atoms with Crippen LogP contribution >= 0.6 is 8.03 Å². The highest BCUT2D eigenvalue weighted by Crippen LogP contribution is 2.28. The van der Waals surface area contributed by atoms with Crippen LogP contribution in [0.2, 0.25) is 0 Å². The third-order valence-electron chi connectivity index (χ3n) is 1.53. The lowest BCUT2D eigenvalue weighted by Crippen LogP contribution is -2.07. The van der Waals surface area contributed by atoms with Gasteiger partial charge in [-0.3, -0.25) is 0 Å². The Kier molecular flexibility index (Phi) is 3.23. The van der Waals surface area contributed by atoms with Gasteiger partial charge >= 0.3 is 13.9 Å². The van der Waals surface area contributed by atoms with Crippen LogP contribution in [0.1, 0.15) is 6.92 Å². The molecule has 3 N–H and O–H groups in total. The van der Waals surface area contributed by atoms with Crippen LogP contribution in [0, 0.1) is 0 Å². The fourth-order valence-corrected chi connectivity index (χ4v) is 1.02. The van der Waals surface area contributed by atoms with Crippen LogP contribution in [0.25, 0.3) is 0 Å². The van der Waals surface area contributed by atoms with Gasteiger partial charge in [-0.2, -0.15) is 4.89 Å². The lowest BCUT2D eigenvalue weighted by atomic mass is 10.3. The molecule has 1 aromatic rings. The average molecular weight is 200 g/mol. The number of ether oxygens (including phenoxy) is 1. The van der Waals surface area contributed by atoms with Crippen molar-refractivity contribution in [2.75, 3.05) is 5.73 Å². The van der Waals surface area contributed by atoms with E-state index >= 15 is 0 Å². The van der Waals surface area contributed by atoms with Gasteiger partial charge in [0.25, 0.3) is 0 Å². The summed E-state index contributed by atoms with van der Waals surface area (Å²) < 4.78 is 15.7. The zero-order chi connectivity index (χ0) is 9.84. The first kappa shape index (κ1) is 9.96. The Hall–Kier alpha value is -1.12. The Morgan fingerprint density at radius 2 is 2.15 bits per heavy atom. The van der Waals surface area contributed by atoms with E-state index < -0.39 is 13.9 Å². The Balaban J connectivity index is 2.74. The number of benzene rings is 1. The number of nitrogen functional groups attached to an aromatic ring is 1. The highest BCUT2D eigenvalue weighted by atomic mass is 31.1. The minimum Gasteiger partial charge on any atom is -0.442 e. The van der Waals surface area contributed by atoms with E-state index in [9.17, 15) is 4.57 Å². The monoisotopic (exact) mass is 200 g/mol. The van der Waals surface area contributed by atoms with Crippen molar-refractivity contribution < 1.29 is 14.2 Å². The molecule has 5 heteroatoms. The molecule has 0 spiro atoms. The normalized spacial score (nSPS) is 13.5. The predicted octanol–water partition coefficient (Wildman–Crippen LogP) is 1.73. The summed E-state index contributed by atoms with van der Waals surface area (Å²) in [6.07, 6.45) is 0. The minimum absolute atomic E-state index is 0.437. The highest BCUT2D eigenvalue weighted by Gasteiger charge is 2.25. The number of hydrogen-bond donors (Lipinski definition) is 2. The van der Waals surface area contributed by atoms with Crippen LogP contribution in [-0.4, -0.2) is 10.7 Å². The zero-order valence-corrected chi connectivity index (χ0v) is 8.07. The van der Waals surface area contributed by atoms with E-state index in [1.807, 2.05) is 0 Å². The van der Waals surface area contributed by atoms with Crippen LogP contribution in [0.5, 0.6) is 5.75 Å². The van der Waals surface area contributed by atoms with Gasteiger partial charge in [-0.25, -0.2) is 0 Å². The predicted molar refractivity (Wildman–Crippen MR) is 50.8 cm³/mol. The molecule has 0 aromatic heterocycles. The summed E-state index contributed by atoms with van der Waals surface area (Å²) in [6.45, 7) is 1.52. The van der Waals surface area contributed by atoms with Crippen LogP contribution in [0.3, 0.4) is 0 Å². The Morgan fingerprint density at radius 3 is 2.69 bits per heavy atom. The molecule has 0 bridgehead atoms. The molecule has 0 amide bonds. The summed E-state index contributed by atoms with van der Waals surface area (Å²) in [7, 11) is -2.33. The Bertz CT molecular complexity index is 316. The van der Waals surface area contributed by atoms with Crippen molar-refractivity contribution in [3.63, 3.8) is 0 Å². The largest absolute Gasteiger partial charge is 0.550 e. The van der Waals surface area contributed by atoms with Gasteiger partial charge in [0.05, 0.1) is 5.69 Å². The maximum absolute atomic E-state index is 10.6. The molecule has 1 aromatic carbocycles. The third-order valence-corrected chi connectivity index (χ3v) is 2.26. The van der Waals surface area contributed by atoms with Crippen LogP contribution in [0.4, 0.5) is 5.69 Å². The molecule has 0 fully saturated rings. The maximum atomic E-state index is 10.6. The number of nitrogens with two attached hydrogens (primary N) is 1. The molecule has 0 aliphatic heterocycles. The van der Waals surface area contributed by atoms with Crippen molar-refractivity contribution in [2.24, 2.45) is 0 Å². The van der Waals surface area contributed by atoms with E-state index in [1.165, 1.54) is 6.92 Å². The summed E-state index contributed by atoms with van der Waals surface area (Å²) >= 11 is 0. The third kappa shape index (κ3) is 2.68. The van der Waals surface area contributed by atoms with Crippen molar-refractivity contribution in [1.29, 1.82) is 0 Å². The molecule has 13 heavy (non-hydrogen) atoms. The molecule has 2 unspecified atom stereocenters. The van der Waals surface area contributed by atoms with E-state index in [2.05, 4.69) is 0 Å². The average Bonchev–Trinajstić information content (AvgIpc) is 2.08. The summed E-state index contributed by atoms with van der Waals surface area (Å²) in [5.74, 6) is -0.299. The highest BCUT2D eigenvalue weighted by molar-refractivity contribution is 7.38. The quantitative estimate of drug-likeness (QED) is 0.575. The SMILES string of the molecule is CC(Oc1ccccc1N)[P+](=O)O. The summed E-state index contributed by atoms with van der Waals surface area (Å²) in [6, 6.07) is 6.85.